The van der Waals surface area contributed by atoms with Gasteiger partial charge in [-0.1, -0.05) is 11.3 Å². The van der Waals surface area contributed by atoms with Crippen molar-refractivity contribution in [3.63, 3.8) is 0 Å². The van der Waals surface area contributed by atoms with Gasteiger partial charge in [0.05, 0.1) is 0 Å². The molecule has 0 bridgehead atoms. The molecule has 0 saturated heterocycles. The number of hydrogen-bond acceptors (Lipinski definition) is 5. The highest BCUT2D eigenvalue weighted by atomic mass is 32.1. The zero-order valence-electron chi connectivity index (χ0n) is 8.15. The van der Waals surface area contributed by atoms with Gasteiger partial charge in [0.25, 0.3) is 5.91 Å². The molecule has 1 fully saturated rings. The van der Waals surface area contributed by atoms with Crippen LogP contribution in [0.5, 0.6) is 0 Å². The van der Waals surface area contributed by atoms with Gasteiger partial charge in [-0.25, -0.2) is 0 Å². The maximum absolute atomic E-state index is 11.8. The third kappa shape index (κ3) is 1.70. The smallest absolute Gasteiger partial charge is 0.284 e. The van der Waals surface area contributed by atoms with Gasteiger partial charge in [-0.3, -0.25) is 4.79 Å². The molecule has 0 atom stereocenters. The fourth-order valence-electron chi connectivity index (χ4n) is 1.19. The minimum atomic E-state index is -0.0218. The third-order valence-corrected chi connectivity index (χ3v) is 3.17. The molecule has 1 aliphatic carbocycles. The van der Waals surface area contributed by atoms with Gasteiger partial charge in [-0.05, 0) is 12.8 Å². The minimum absolute atomic E-state index is 0.0218. The van der Waals surface area contributed by atoms with Crippen LogP contribution in [0.1, 0.15) is 22.6 Å². The summed E-state index contributed by atoms with van der Waals surface area (Å²) in [5.74, 6) is -0.0218. The predicted octanol–water partition coefficient (Wildman–Crippen LogP) is 0.814. The number of nitrogens with zero attached hydrogens (tertiary/aromatic N) is 3. The van der Waals surface area contributed by atoms with Gasteiger partial charge in [0.15, 0.2) is 0 Å². The molecule has 0 radical (unpaired) electrons. The molecule has 1 N–H and O–H groups in total. The molecule has 1 aliphatic rings. The molecule has 0 aromatic carbocycles. The Morgan fingerprint density at radius 1 is 1.57 bits per heavy atom. The summed E-state index contributed by atoms with van der Waals surface area (Å²) in [5.41, 5.74) is 0. The Balaban J connectivity index is 2.09. The molecule has 1 heterocycles. The fraction of sp³-hybridized carbons (Fsp3) is 0.625. The van der Waals surface area contributed by atoms with E-state index in [1.807, 2.05) is 7.05 Å². The van der Waals surface area contributed by atoms with E-state index < -0.39 is 0 Å². The molecule has 5 nitrogen and oxygen atoms in total. The van der Waals surface area contributed by atoms with Gasteiger partial charge in [0.1, 0.15) is 0 Å². The Labute approximate surface area is 86.1 Å². The second-order valence-corrected chi connectivity index (χ2v) is 4.29. The van der Waals surface area contributed by atoms with Gasteiger partial charge >= 0.3 is 0 Å². The first-order valence-corrected chi connectivity index (χ1v) is 5.32. The molecule has 0 unspecified atom stereocenters. The van der Waals surface area contributed by atoms with Crippen LogP contribution in [0.15, 0.2) is 0 Å². The summed E-state index contributed by atoms with van der Waals surface area (Å²) in [5, 5.41) is 11.7. The first-order chi connectivity index (χ1) is 6.72. The molecule has 1 aromatic heterocycles. The van der Waals surface area contributed by atoms with Gasteiger partial charge in [0, 0.05) is 20.1 Å². The summed E-state index contributed by atoms with van der Waals surface area (Å²) in [6.45, 7) is 0. The van der Waals surface area contributed by atoms with Crippen molar-refractivity contribution in [1.82, 2.24) is 15.1 Å². The Hall–Kier alpha value is -1.17. The van der Waals surface area contributed by atoms with Crippen molar-refractivity contribution < 1.29 is 4.79 Å². The standard InChI is InChI=1S/C8H12N4OS/c1-9-8-11-10-6(14-8)7(13)12(2)5-3-4-5/h5H,3-4H2,1-2H3,(H,9,11). The van der Waals surface area contributed by atoms with E-state index in [0.29, 0.717) is 16.2 Å². The maximum Gasteiger partial charge on any atom is 0.284 e. The van der Waals surface area contributed by atoms with Crippen LogP contribution in [0, 0.1) is 0 Å². The largest absolute Gasteiger partial charge is 0.363 e. The lowest BCUT2D eigenvalue weighted by molar-refractivity contribution is 0.0784. The van der Waals surface area contributed by atoms with E-state index in [-0.39, 0.29) is 5.91 Å². The molecule has 76 valence electrons. The number of anilines is 1. The van der Waals surface area contributed by atoms with Gasteiger partial charge in [-0.15, -0.1) is 10.2 Å². The molecule has 6 heteroatoms. The predicted molar refractivity (Wildman–Crippen MR) is 54.6 cm³/mol. The van der Waals surface area contributed by atoms with E-state index in [4.69, 9.17) is 0 Å². The fourth-order valence-corrected chi connectivity index (χ4v) is 1.87. The minimum Gasteiger partial charge on any atom is -0.363 e. The highest BCUT2D eigenvalue weighted by molar-refractivity contribution is 7.17. The highest BCUT2D eigenvalue weighted by Gasteiger charge is 2.31. The second-order valence-electron chi connectivity index (χ2n) is 3.31. The molecule has 1 aromatic rings. The van der Waals surface area contributed by atoms with Crippen molar-refractivity contribution in [2.75, 3.05) is 19.4 Å². The van der Waals surface area contributed by atoms with Gasteiger partial charge < -0.3 is 10.2 Å². The molecular weight excluding hydrogens is 200 g/mol. The average molecular weight is 212 g/mol. The number of nitrogens with one attached hydrogen (secondary N) is 1. The van der Waals surface area contributed by atoms with Crippen LogP contribution >= 0.6 is 11.3 Å². The van der Waals surface area contributed by atoms with Gasteiger partial charge in [-0.2, -0.15) is 0 Å². The molecule has 0 spiro atoms. The lowest BCUT2D eigenvalue weighted by Gasteiger charge is -2.13. The van der Waals surface area contributed by atoms with Crippen molar-refractivity contribution in [1.29, 1.82) is 0 Å². The van der Waals surface area contributed by atoms with Crippen LogP contribution < -0.4 is 5.32 Å². The quantitative estimate of drug-likeness (QED) is 0.805. The second kappa shape index (κ2) is 3.53. The molecule has 0 aliphatic heterocycles. The van der Waals surface area contributed by atoms with Gasteiger partial charge in [0.2, 0.25) is 10.1 Å². The molecule has 14 heavy (non-hydrogen) atoms. The van der Waals surface area contributed by atoms with Crippen molar-refractivity contribution in [3.05, 3.63) is 5.01 Å². The van der Waals surface area contributed by atoms with Crippen molar-refractivity contribution >= 4 is 22.4 Å². The summed E-state index contributed by atoms with van der Waals surface area (Å²) >= 11 is 1.29. The van der Waals surface area contributed by atoms with Crippen LogP contribution in [0.25, 0.3) is 0 Å². The van der Waals surface area contributed by atoms with Crippen molar-refractivity contribution in [3.8, 4) is 0 Å². The molecule has 1 saturated carbocycles. The van der Waals surface area contributed by atoms with Crippen LogP contribution in [0.4, 0.5) is 5.13 Å². The number of aromatic nitrogens is 2. The van der Waals surface area contributed by atoms with E-state index in [1.165, 1.54) is 11.3 Å². The number of amides is 1. The number of hydrogen-bond donors (Lipinski definition) is 1. The maximum atomic E-state index is 11.8. The van der Waals surface area contributed by atoms with E-state index in [0.717, 1.165) is 12.8 Å². The molecule has 2 rings (SSSR count). The SMILES string of the molecule is CNc1nnc(C(=O)N(C)C2CC2)s1. The summed E-state index contributed by atoms with van der Waals surface area (Å²) < 4.78 is 0. The number of carbonyl (C=O) groups is 1. The Morgan fingerprint density at radius 3 is 2.79 bits per heavy atom. The Morgan fingerprint density at radius 2 is 2.29 bits per heavy atom. The molecule has 1 amide bonds. The van der Waals surface area contributed by atoms with E-state index in [9.17, 15) is 4.79 Å². The number of rotatable bonds is 3. The van der Waals surface area contributed by atoms with E-state index in [1.54, 1.807) is 11.9 Å². The Bertz CT molecular complexity index is 347. The first kappa shape index (κ1) is 9.39. The highest BCUT2D eigenvalue weighted by Crippen LogP contribution is 2.27. The zero-order valence-corrected chi connectivity index (χ0v) is 8.97. The van der Waals surface area contributed by atoms with Crippen molar-refractivity contribution in [2.45, 2.75) is 18.9 Å². The Kier molecular flexibility index (Phi) is 2.37. The van der Waals surface area contributed by atoms with Crippen LogP contribution in [0.3, 0.4) is 0 Å². The lowest BCUT2D eigenvalue weighted by Crippen LogP contribution is -2.28. The molecular formula is C8H12N4OS. The lowest BCUT2D eigenvalue weighted by atomic mass is 10.5. The normalized spacial score (nSPS) is 15.3. The number of carbonyl (C=O) groups excluding carboxylic acids is 1. The summed E-state index contributed by atoms with van der Waals surface area (Å²) in [4.78, 5) is 13.5. The van der Waals surface area contributed by atoms with Crippen LogP contribution in [-0.4, -0.2) is 41.1 Å². The third-order valence-electron chi connectivity index (χ3n) is 2.24. The van der Waals surface area contributed by atoms with E-state index >= 15 is 0 Å². The zero-order chi connectivity index (χ0) is 10.1. The topological polar surface area (TPSA) is 58.1 Å². The van der Waals surface area contributed by atoms with E-state index in [2.05, 4.69) is 15.5 Å². The van der Waals surface area contributed by atoms with Crippen LogP contribution in [-0.2, 0) is 0 Å². The average Bonchev–Trinajstić information content (AvgIpc) is 2.94. The summed E-state index contributed by atoms with van der Waals surface area (Å²) in [6, 6.07) is 0.421. The summed E-state index contributed by atoms with van der Waals surface area (Å²) in [7, 11) is 3.58. The monoisotopic (exact) mass is 212 g/mol. The van der Waals surface area contributed by atoms with Crippen LogP contribution in [0.2, 0.25) is 0 Å². The summed E-state index contributed by atoms with van der Waals surface area (Å²) in [6.07, 6.45) is 2.22. The van der Waals surface area contributed by atoms with Crippen molar-refractivity contribution in [2.24, 2.45) is 0 Å². The first-order valence-electron chi connectivity index (χ1n) is 4.51.